The molecule has 0 aliphatic heterocycles. The fourth-order valence-corrected chi connectivity index (χ4v) is 1.56. The highest BCUT2D eigenvalue weighted by molar-refractivity contribution is 5.92. The molecule has 0 atom stereocenters. The van der Waals surface area contributed by atoms with Crippen LogP contribution < -0.4 is 4.90 Å². The van der Waals surface area contributed by atoms with Crippen molar-refractivity contribution in [3.63, 3.8) is 0 Å². The van der Waals surface area contributed by atoms with Gasteiger partial charge in [-0.05, 0) is 12.1 Å². The zero-order chi connectivity index (χ0) is 12.1. The number of hydrogen-bond donors (Lipinski definition) is 0. The van der Waals surface area contributed by atoms with Crippen molar-refractivity contribution >= 4 is 11.6 Å². The van der Waals surface area contributed by atoms with Gasteiger partial charge in [-0.15, -0.1) is 0 Å². The largest absolute Gasteiger partial charge is 0.451 e. The molecular weight excluding hydrogens is 216 g/mol. The predicted octanol–water partition coefficient (Wildman–Crippen LogP) is 2.27. The molecule has 0 unspecified atom stereocenters. The van der Waals surface area contributed by atoms with Crippen LogP contribution in [-0.2, 0) is 11.2 Å². The first-order valence-electron chi connectivity index (χ1n) is 5.46. The summed E-state index contributed by atoms with van der Waals surface area (Å²) in [6, 6.07) is 9.58. The molecular formula is C13H14N2O2. The Labute approximate surface area is 99.9 Å². The van der Waals surface area contributed by atoms with Crippen molar-refractivity contribution in [3.8, 4) is 0 Å². The molecule has 0 radical (unpaired) electrons. The Kier molecular flexibility index (Phi) is 3.55. The van der Waals surface area contributed by atoms with Gasteiger partial charge in [0.2, 0.25) is 5.91 Å². The number of benzene rings is 1. The lowest BCUT2D eigenvalue weighted by atomic mass is 10.2. The van der Waals surface area contributed by atoms with Gasteiger partial charge in [0.1, 0.15) is 6.26 Å². The van der Waals surface area contributed by atoms with Crippen molar-refractivity contribution in [1.82, 2.24) is 4.98 Å². The minimum atomic E-state index is 0.0687. The molecule has 2 aromatic rings. The average Bonchev–Trinajstić information content (AvgIpc) is 2.89. The molecule has 0 aliphatic rings. The Morgan fingerprint density at radius 1 is 1.35 bits per heavy atom. The second-order valence-corrected chi connectivity index (χ2v) is 3.77. The molecule has 0 fully saturated rings. The molecule has 4 nitrogen and oxygen atoms in total. The van der Waals surface area contributed by atoms with Gasteiger partial charge >= 0.3 is 0 Å². The summed E-state index contributed by atoms with van der Waals surface area (Å²) in [4.78, 5) is 17.5. The Bertz CT molecular complexity index is 465. The van der Waals surface area contributed by atoms with E-state index in [2.05, 4.69) is 4.98 Å². The molecule has 1 aromatic carbocycles. The van der Waals surface area contributed by atoms with E-state index in [4.69, 9.17) is 4.42 Å². The fraction of sp³-hybridized carbons (Fsp3) is 0.231. The lowest BCUT2D eigenvalue weighted by Crippen LogP contribution is -2.26. The minimum Gasteiger partial charge on any atom is -0.451 e. The van der Waals surface area contributed by atoms with Crippen LogP contribution in [0.25, 0.3) is 0 Å². The van der Waals surface area contributed by atoms with Crippen LogP contribution in [0.4, 0.5) is 5.69 Å². The number of carbonyl (C=O) groups is 1. The van der Waals surface area contributed by atoms with Crippen molar-refractivity contribution in [2.24, 2.45) is 0 Å². The molecule has 0 saturated heterocycles. The average molecular weight is 230 g/mol. The molecule has 2 rings (SSSR count). The highest BCUT2D eigenvalue weighted by Gasteiger charge is 2.10. The maximum Gasteiger partial charge on any atom is 0.227 e. The highest BCUT2D eigenvalue weighted by atomic mass is 16.3. The van der Waals surface area contributed by atoms with Crippen LogP contribution in [-0.4, -0.2) is 17.9 Å². The van der Waals surface area contributed by atoms with E-state index in [-0.39, 0.29) is 5.91 Å². The van der Waals surface area contributed by atoms with E-state index in [1.54, 1.807) is 18.2 Å². The Balaban J connectivity index is 1.92. The van der Waals surface area contributed by atoms with Crippen LogP contribution in [0, 0.1) is 0 Å². The molecule has 0 bridgehead atoms. The van der Waals surface area contributed by atoms with E-state index in [0.29, 0.717) is 12.8 Å². The number of carbonyl (C=O) groups excluding carboxylic acids is 1. The van der Waals surface area contributed by atoms with Crippen molar-refractivity contribution in [1.29, 1.82) is 0 Å². The third-order valence-corrected chi connectivity index (χ3v) is 2.60. The van der Waals surface area contributed by atoms with E-state index < -0.39 is 0 Å². The summed E-state index contributed by atoms with van der Waals surface area (Å²) >= 11 is 0. The Hall–Kier alpha value is -2.10. The molecule has 88 valence electrons. The van der Waals surface area contributed by atoms with Crippen molar-refractivity contribution in [3.05, 3.63) is 48.7 Å². The lowest BCUT2D eigenvalue weighted by Gasteiger charge is -2.16. The number of anilines is 1. The van der Waals surface area contributed by atoms with Gasteiger partial charge in [-0.2, -0.15) is 0 Å². The number of aromatic nitrogens is 1. The standard InChI is InChI=1S/C13H14N2O2/c1-15(12-5-3-2-4-6-12)13(16)8-7-11-9-17-10-14-11/h2-6,9-10H,7-8H2,1H3. The van der Waals surface area contributed by atoms with E-state index in [1.807, 2.05) is 30.3 Å². The molecule has 1 aromatic heterocycles. The summed E-state index contributed by atoms with van der Waals surface area (Å²) in [6.07, 6.45) is 3.97. The predicted molar refractivity (Wildman–Crippen MR) is 64.7 cm³/mol. The van der Waals surface area contributed by atoms with Crippen molar-refractivity contribution < 1.29 is 9.21 Å². The number of oxazole rings is 1. The summed E-state index contributed by atoms with van der Waals surface area (Å²) in [5, 5.41) is 0. The molecule has 1 heterocycles. The van der Waals surface area contributed by atoms with Crippen LogP contribution >= 0.6 is 0 Å². The Morgan fingerprint density at radius 3 is 2.76 bits per heavy atom. The summed E-state index contributed by atoms with van der Waals surface area (Å²) in [5.41, 5.74) is 1.71. The van der Waals surface area contributed by atoms with Gasteiger partial charge in [-0.3, -0.25) is 4.79 Å². The molecule has 17 heavy (non-hydrogen) atoms. The fourth-order valence-electron chi connectivity index (χ4n) is 1.56. The van der Waals surface area contributed by atoms with Gasteiger partial charge in [0.05, 0.1) is 5.69 Å². The SMILES string of the molecule is CN(C(=O)CCc1cocn1)c1ccccc1. The topological polar surface area (TPSA) is 46.3 Å². The number of para-hydroxylation sites is 1. The van der Waals surface area contributed by atoms with Crippen LogP contribution in [0.1, 0.15) is 12.1 Å². The summed E-state index contributed by atoms with van der Waals surface area (Å²) < 4.78 is 4.86. The number of hydrogen-bond acceptors (Lipinski definition) is 3. The van der Waals surface area contributed by atoms with Gasteiger partial charge in [-0.1, -0.05) is 18.2 Å². The zero-order valence-corrected chi connectivity index (χ0v) is 9.67. The first-order valence-corrected chi connectivity index (χ1v) is 5.46. The highest BCUT2D eigenvalue weighted by Crippen LogP contribution is 2.12. The number of nitrogens with zero attached hydrogens (tertiary/aromatic N) is 2. The third-order valence-electron chi connectivity index (χ3n) is 2.60. The van der Waals surface area contributed by atoms with E-state index in [1.165, 1.54) is 6.39 Å². The number of amides is 1. The van der Waals surface area contributed by atoms with E-state index in [9.17, 15) is 4.79 Å². The smallest absolute Gasteiger partial charge is 0.227 e. The second-order valence-electron chi connectivity index (χ2n) is 3.77. The molecule has 1 amide bonds. The Morgan fingerprint density at radius 2 is 2.12 bits per heavy atom. The maximum atomic E-state index is 11.9. The molecule has 0 N–H and O–H groups in total. The maximum absolute atomic E-state index is 11.9. The van der Waals surface area contributed by atoms with Gasteiger partial charge in [0, 0.05) is 25.6 Å². The molecule has 0 saturated carbocycles. The molecule has 0 aliphatic carbocycles. The van der Waals surface area contributed by atoms with Crippen LogP contribution in [0.15, 0.2) is 47.4 Å². The van der Waals surface area contributed by atoms with Crippen molar-refractivity contribution in [2.75, 3.05) is 11.9 Å². The van der Waals surface area contributed by atoms with Crippen molar-refractivity contribution in [2.45, 2.75) is 12.8 Å². The monoisotopic (exact) mass is 230 g/mol. The summed E-state index contributed by atoms with van der Waals surface area (Å²) in [7, 11) is 1.78. The number of rotatable bonds is 4. The zero-order valence-electron chi connectivity index (χ0n) is 9.67. The quantitative estimate of drug-likeness (QED) is 0.809. The van der Waals surface area contributed by atoms with Crippen LogP contribution in [0.3, 0.4) is 0 Å². The van der Waals surface area contributed by atoms with Gasteiger partial charge in [-0.25, -0.2) is 4.98 Å². The first kappa shape index (κ1) is 11.4. The normalized spacial score (nSPS) is 10.2. The number of aryl methyl sites for hydroxylation is 1. The third kappa shape index (κ3) is 2.93. The first-order chi connectivity index (χ1) is 8.27. The molecule has 0 spiro atoms. The van der Waals surface area contributed by atoms with Crippen LogP contribution in [0.5, 0.6) is 0 Å². The van der Waals surface area contributed by atoms with E-state index in [0.717, 1.165) is 11.4 Å². The van der Waals surface area contributed by atoms with Gasteiger partial charge < -0.3 is 9.32 Å². The van der Waals surface area contributed by atoms with Gasteiger partial charge in [0.25, 0.3) is 0 Å². The van der Waals surface area contributed by atoms with Gasteiger partial charge in [0.15, 0.2) is 6.39 Å². The van der Waals surface area contributed by atoms with Crippen LogP contribution in [0.2, 0.25) is 0 Å². The second kappa shape index (κ2) is 5.30. The van der Waals surface area contributed by atoms with E-state index >= 15 is 0 Å². The molecule has 4 heteroatoms. The summed E-state index contributed by atoms with van der Waals surface area (Å²) in [6.45, 7) is 0. The lowest BCUT2D eigenvalue weighted by molar-refractivity contribution is -0.118. The summed E-state index contributed by atoms with van der Waals surface area (Å²) in [5.74, 6) is 0.0687. The minimum absolute atomic E-state index is 0.0687.